The summed E-state index contributed by atoms with van der Waals surface area (Å²) >= 11 is 0. The van der Waals surface area contributed by atoms with Crippen molar-refractivity contribution in [2.24, 2.45) is 17.3 Å². The van der Waals surface area contributed by atoms with Crippen LogP contribution in [0.3, 0.4) is 0 Å². The summed E-state index contributed by atoms with van der Waals surface area (Å²) < 4.78 is 0. The molecule has 2 fully saturated rings. The number of carboxylic acid groups (broad SMARTS) is 1. The number of piperidine rings is 1. The summed E-state index contributed by atoms with van der Waals surface area (Å²) in [5, 5.41) is 15.3. The lowest BCUT2D eigenvalue weighted by atomic mass is 9.74. The maximum Gasteiger partial charge on any atom is 0.305 e. The van der Waals surface area contributed by atoms with Crippen molar-refractivity contribution in [2.75, 3.05) is 13.1 Å². The molecule has 5 heteroatoms. The minimum atomic E-state index is -0.834. The third-order valence-corrected chi connectivity index (χ3v) is 4.80. The van der Waals surface area contributed by atoms with Crippen LogP contribution in [0.4, 0.5) is 0 Å². The van der Waals surface area contributed by atoms with E-state index >= 15 is 0 Å². The van der Waals surface area contributed by atoms with Gasteiger partial charge in [-0.2, -0.15) is 0 Å². The molecule has 0 aromatic rings. The van der Waals surface area contributed by atoms with Crippen LogP contribution in [0.25, 0.3) is 0 Å². The number of aliphatic carboxylic acids is 1. The first-order chi connectivity index (χ1) is 9.41. The van der Waals surface area contributed by atoms with Gasteiger partial charge in [-0.15, -0.1) is 0 Å². The smallest absolute Gasteiger partial charge is 0.305 e. The van der Waals surface area contributed by atoms with Gasteiger partial charge in [0, 0.05) is 11.5 Å². The van der Waals surface area contributed by atoms with Crippen LogP contribution in [0.15, 0.2) is 0 Å². The number of amides is 1. The van der Waals surface area contributed by atoms with E-state index in [1.165, 1.54) is 0 Å². The van der Waals surface area contributed by atoms with E-state index in [-0.39, 0.29) is 18.4 Å². The molecule has 2 atom stereocenters. The Bertz CT molecular complexity index is 371. The van der Waals surface area contributed by atoms with Crippen LogP contribution in [0.1, 0.15) is 46.0 Å². The third-order valence-electron chi connectivity index (χ3n) is 4.80. The second kappa shape index (κ2) is 6.12. The Balaban J connectivity index is 1.95. The van der Waals surface area contributed by atoms with E-state index in [1.54, 1.807) is 0 Å². The monoisotopic (exact) mass is 282 g/mol. The number of carboxylic acids is 1. The van der Waals surface area contributed by atoms with Crippen LogP contribution in [0, 0.1) is 17.3 Å². The van der Waals surface area contributed by atoms with Gasteiger partial charge in [0.05, 0.1) is 6.42 Å². The molecule has 114 valence electrons. The van der Waals surface area contributed by atoms with Gasteiger partial charge in [-0.05, 0) is 50.6 Å². The Morgan fingerprint density at radius 1 is 1.35 bits per heavy atom. The lowest BCUT2D eigenvalue weighted by molar-refractivity contribution is -0.138. The van der Waals surface area contributed by atoms with E-state index in [0.29, 0.717) is 11.8 Å². The quantitative estimate of drug-likeness (QED) is 0.688. The van der Waals surface area contributed by atoms with E-state index in [1.807, 2.05) is 13.8 Å². The average molecular weight is 282 g/mol. The number of rotatable bonds is 6. The highest BCUT2D eigenvalue weighted by molar-refractivity contribution is 5.83. The summed E-state index contributed by atoms with van der Waals surface area (Å²) in [6.07, 6.45) is 4.26. The predicted molar refractivity (Wildman–Crippen MR) is 76.3 cm³/mol. The molecule has 0 radical (unpaired) electrons. The average Bonchev–Trinajstić information content (AvgIpc) is 3.22. The molecule has 1 saturated carbocycles. The van der Waals surface area contributed by atoms with Crippen LogP contribution < -0.4 is 10.6 Å². The molecule has 1 saturated heterocycles. The second-order valence-corrected chi connectivity index (χ2v) is 6.78. The molecule has 0 spiro atoms. The molecule has 0 aromatic heterocycles. The molecule has 0 bridgehead atoms. The normalized spacial score (nSPS) is 25.0. The Morgan fingerprint density at radius 2 is 2.05 bits per heavy atom. The largest absolute Gasteiger partial charge is 0.481 e. The summed E-state index contributed by atoms with van der Waals surface area (Å²) in [7, 11) is 0. The van der Waals surface area contributed by atoms with Gasteiger partial charge in [-0.3, -0.25) is 9.59 Å². The van der Waals surface area contributed by atoms with Gasteiger partial charge in [0.2, 0.25) is 5.91 Å². The topological polar surface area (TPSA) is 78.4 Å². The van der Waals surface area contributed by atoms with Crippen molar-refractivity contribution in [3.63, 3.8) is 0 Å². The zero-order valence-corrected chi connectivity index (χ0v) is 12.4. The molecule has 0 aromatic carbocycles. The molecule has 5 nitrogen and oxygen atoms in total. The first-order valence-electron chi connectivity index (χ1n) is 7.64. The number of hydrogen-bond acceptors (Lipinski definition) is 3. The third kappa shape index (κ3) is 3.72. The molecule has 1 aliphatic carbocycles. The summed E-state index contributed by atoms with van der Waals surface area (Å²) in [5.41, 5.74) is -0.445. The highest BCUT2D eigenvalue weighted by atomic mass is 16.4. The predicted octanol–water partition coefficient (Wildman–Crippen LogP) is 1.38. The van der Waals surface area contributed by atoms with Crippen molar-refractivity contribution in [3.8, 4) is 0 Å². The number of nitrogens with one attached hydrogen (secondary N) is 2. The van der Waals surface area contributed by atoms with E-state index < -0.39 is 11.4 Å². The SMILES string of the molecule is CC(C)(C(=O)NC(CC(=O)O)C1CC1)C1CCCNC1. The summed E-state index contributed by atoms with van der Waals surface area (Å²) in [6.45, 7) is 5.85. The maximum atomic E-state index is 12.6. The van der Waals surface area contributed by atoms with Crippen molar-refractivity contribution in [1.29, 1.82) is 0 Å². The summed E-state index contributed by atoms with van der Waals surface area (Å²) in [6, 6.07) is -0.198. The van der Waals surface area contributed by atoms with Crippen molar-refractivity contribution in [1.82, 2.24) is 10.6 Å². The lowest BCUT2D eigenvalue weighted by Gasteiger charge is -2.37. The van der Waals surface area contributed by atoms with Gasteiger partial charge in [0.15, 0.2) is 0 Å². The van der Waals surface area contributed by atoms with Crippen LogP contribution in [0.5, 0.6) is 0 Å². The molecule has 2 aliphatic rings. The zero-order valence-electron chi connectivity index (χ0n) is 12.4. The highest BCUT2D eigenvalue weighted by Crippen LogP contribution is 2.36. The van der Waals surface area contributed by atoms with Crippen molar-refractivity contribution < 1.29 is 14.7 Å². The molecule has 1 amide bonds. The fraction of sp³-hybridized carbons (Fsp3) is 0.867. The van der Waals surface area contributed by atoms with Crippen LogP contribution in [0.2, 0.25) is 0 Å². The van der Waals surface area contributed by atoms with E-state index in [0.717, 1.165) is 38.8 Å². The molecule has 2 unspecified atom stereocenters. The van der Waals surface area contributed by atoms with Crippen molar-refractivity contribution >= 4 is 11.9 Å². The number of hydrogen-bond donors (Lipinski definition) is 3. The van der Waals surface area contributed by atoms with E-state index in [2.05, 4.69) is 10.6 Å². The zero-order chi connectivity index (χ0) is 14.8. The fourth-order valence-corrected chi connectivity index (χ4v) is 3.03. The lowest BCUT2D eigenvalue weighted by Crippen LogP contribution is -2.50. The summed E-state index contributed by atoms with van der Waals surface area (Å²) in [5.74, 6) is -0.153. The standard InChI is InChI=1S/C15H26N2O3/c1-15(2,11-4-3-7-16-9-11)14(20)17-12(8-13(18)19)10-5-6-10/h10-12,16H,3-9H2,1-2H3,(H,17,20)(H,18,19). The second-order valence-electron chi connectivity index (χ2n) is 6.78. The van der Waals surface area contributed by atoms with Crippen LogP contribution >= 0.6 is 0 Å². The molecular formula is C15H26N2O3. The Labute approximate surface area is 120 Å². The Morgan fingerprint density at radius 3 is 2.55 bits per heavy atom. The van der Waals surface area contributed by atoms with Gasteiger partial charge < -0.3 is 15.7 Å². The Hall–Kier alpha value is -1.10. The number of carbonyl (C=O) groups is 2. The van der Waals surface area contributed by atoms with Gasteiger partial charge in [-0.25, -0.2) is 0 Å². The van der Waals surface area contributed by atoms with Crippen LogP contribution in [-0.4, -0.2) is 36.1 Å². The molecule has 2 rings (SSSR count). The summed E-state index contributed by atoms with van der Waals surface area (Å²) in [4.78, 5) is 23.5. The van der Waals surface area contributed by atoms with Crippen LogP contribution in [-0.2, 0) is 9.59 Å². The first-order valence-corrected chi connectivity index (χ1v) is 7.64. The van der Waals surface area contributed by atoms with E-state index in [9.17, 15) is 9.59 Å². The molecule has 1 heterocycles. The van der Waals surface area contributed by atoms with Gasteiger partial charge in [0.25, 0.3) is 0 Å². The maximum absolute atomic E-state index is 12.6. The molecule has 20 heavy (non-hydrogen) atoms. The van der Waals surface area contributed by atoms with Crippen molar-refractivity contribution in [2.45, 2.75) is 52.0 Å². The fourth-order valence-electron chi connectivity index (χ4n) is 3.03. The molecule has 1 aliphatic heterocycles. The van der Waals surface area contributed by atoms with Gasteiger partial charge in [-0.1, -0.05) is 13.8 Å². The van der Waals surface area contributed by atoms with Gasteiger partial charge >= 0.3 is 5.97 Å². The Kier molecular flexibility index (Phi) is 4.68. The molecule has 3 N–H and O–H groups in total. The number of carbonyl (C=O) groups excluding carboxylic acids is 1. The molecular weight excluding hydrogens is 256 g/mol. The van der Waals surface area contributed by atoms with Crippen molar-refractivity contribution in [3.05, 3.63) is 0 Å². The first kappa shape index (κ1) is 15.3. The van der Waals surface area contributed by atoms with E-state index in [4.69, 9.17) is 5.11 Å². The minimum absolute atomic E-state index is 0.00403. The van der Waals surface area contributed by atoms with Gasteiger partial charge in [0.1, 0.15) is 0 Å². The minimum Gasteiger partial charge on any atom is -0.481 e. The highest BCUT2D eigenvalue weighted by Gasteiger charge is 2.41.